The van der Waals surface area contributed by atoms with E-state index in [1.54, 1.807) is 0 Å². The van der Waals surface area contributed by atoms with Gasteiger partial charge in [-0.15, -0.1) is 0 Å². The lowest BCUT2D eigenvalue weighted by Crippen LogP contribution is -2.37. The van der Waals surface area contributed by atoms with Gasteiger partial charge in [0.05, 0.1) is 5.92 Å². The van der Waals surface area contributed by atoms with Crippen molar-refractivity contribution in [3.05, 3.63) is 0 Å². The van der Waals surface area contributed by atoms with Gasteiger partial charge in [0.1, 0.15) is 0 Å². The van der Waals surface area contributed by atoms with Crippen LogP contribution in [-0.2, 0) is 4.79 Å². The minimum Gasteiger partial charge on any atom is -0.481 e. The molecule has 1 saturated heterocycles. The predicted molar refractivity (Wildman–Crippen MR) is 44.8 cm³/mol. The van der Waals surface area contributed by atoms with Crippen LogP contribution in [0.15, 0.2) is 0 Å². The van der Waals surface area contributed by atoms with Gasteiger partial charge in [0.2, 0.25) is 0 Å². The molecule has 1 aliphatic carbocycles. The molecular formula is C9H15NO2. The van der Waals surface area contributed by atoms with Crippen LogP contribution in [0.3, 0.4) is 0 Å². The number of carboxylic acid groups (broad SMARTS) is 1. The molecule has 0 aromatic carbocycles. The molecule has 1 heterocycles. The number of nitrogens with one attached hydrogen (secondary N) is 1. The molecule has 2 aliphatic rings. The van der Waals surface area contributed by atoms with E-state index in [4.69, 9.17) is 5.11 Å². The smallest absolute Gasteiger partial charge is 0.306 e. The number of hydrogen-bond acceptors (Lipinski definition) is 2. The molecule has 0 bridgehead atoms. The first-order chi connectivity index (χ1) is 5.79. The molecule has 68 valence electrons. The third-order valence-corrected chi connectivity index (χ3v) is 3.35. The van der Waals surface area contributed by atoms with Crippen LogP contribution >= 0.6 is 0 Å². The molecule has 0 unspecified atom stereocenters. The third kappa shape index (κ3) is 1.22. The first-order valence-corrected chi connectivity index (χ1v) is 4.72. The standard InChI is InChI=1S/C9H15NO2/c11-9(12)8-2-1-6-5-10-4-3-7(6)8/h6-8,10H,1-5H2,(H,11,12)/t6-,7+,8-/m0/s1. The molecule has 3 heteroatoms. The summed E-state index contributed by atoms with van der Waals surface area (Å²) in [5.74, 6) is 0.477. The van der Waals surface area contributed by atoms with Gasteiger partial charge in [-0.25, -0.2) is 0 Å². The van der Waals surface area contributed by atoms with Crippen molar-refractivity contribution in [1.29, 1.82) is 0 Å². The monoisotopic (exact) mass is 169 g/mol. The molecule has 0 radical (unpaired) electrons. The number of carboxylic acids is 1. The van der Waals surface area contributed by atoms with E-state index >= 15 is 0 Å². The van der Waals surface area contributed by atoms with E-state index < -0.39 is 5.97 Å². The zero-order valence-electron chi connectivity index (χ0n) is 7.12. The Kier molecular flexibility index (Phi) is 2.05. The summed E-state index contributed by atoms with van der Waals surface area (Å²) in [6, 6.07) is 0. The molecule has 2 N–H and O–H groups in total. The van der Waals surface area contributed by atoms with Crippen molar-refractivity contribution in [2.24, 2.45) is 17.8 Å². The minimum absolute atomic E-state index is 0.0444. The fraction of sp³-hybridized carbons (Fsp3) is 0.889. The number of aliphatic carboxylic acids is 1. The van der Waals surface area contributed by atoms with Gasteiger partial charge in [0.15, 0.2) is 0 Å². The Morgan fingerprint density at radius 1 is 1.33 bits per heavy atom. The van der Waals surface area contributed by atoms with Crippen LogP contribution in [0.5, 0.6) is 0 Å². The summed E-state index contributed by atoms with van der Waals surface area (Å²) in [5, 5.41) is 12.3. The second kappa shape index (κ2) is 3.05. The van der Waals surface area contributed by atoms with E-state index in [0.717, 1.165) is 32.4 Å². The van der Waals surface area contributed by atoms with Crippen molar-refractivity contribution in [2.75, 3.05) is 13.1 Å². The summed E-state index contributed by atoms with van der Waals surface area (Å²) in [5.41, 5.74) is 0. The van der Waals surface area contributed by atoms with E-state index in [2.05, 4.69) is 5.32 Å². The zero-order valence-corrected chi connectivity index (χ0v) is 7.12. The average Bonchev–Trinajstić information content (AvgIpc) is 2.47. The van der Waals surface area contributed by atoms with Crippen LogP contribution in [0.4, 0.5) is 0 Å². The SMILES string of the molecule is O=C(O)[C@H]1CC[C@H]2CNCC[C@H]21. The number of rotatable bonds is 1. The van der Waals surface area contributed by atoms with Crippen LogP contribution < -0.4 is 5.32 Å². The molecule has 1 aliphatic heterocycles. The fourth-order valence-electron chi connectivity index (χ4n) is 2.70. The predicted octanol–water partition coefficient (Wildman–Crippen LogP) is 0.707. The Balaban J connectivity index is 2.05. The summed E-state index contributed by atoms with van der Waals surface area (Å²) in [6.07, 6.45) is 3.06. The Bertz CT molecular complexity index is 193. The number of fused-ring (bicyclic) bond motifs is 1. The van der Waals surface area contributed by atoms with Crippen LogP contribution in [0.1, 0.15) is 19.3 Å². The first kappa shape index (κ1) is 8.05. The molecular weight excluding hydrogens is 154 g/mol. The molecule has 0 aromatic heterocycles. The molecule has 12 heavy (non-hydrogen) atoms. The lowest BCUT2D eigenvalue weighted by atomic mass is 9.84. The van der Waals surface area contributed by atoms with Gasteiger partial charge in [-0.2, -0.15) is 0 Å². The van der Waals surface area contributed by atoms with E-state index in [0.29, 0.717) is 11.8 Å². The lowest BCUT2D eigenvalue weighted by molar-refractivity contribution is -0.143. The van der Waals surface area contributed by atoms with E-state index in [-0.39, 0.29) is 5.92 Å². The maximum atomic E-state index is 10.8. The number of carbonyl (C=O) groups is 1. The normalized spacial score (nSPS) is 40.8. The molecule has 2 rings (SSSR count). The first-order valence-electron chi connectivity index (χ1n) is 4.72. The summed E-state index contributed by atoms with van der Waals surface area (Å²) >= 11 is 0. The minimum atomic E-state index is -0.579. The van der Waals surface area contributed by atoms with E-state index in [1.807, 2.05) is 0 Å². The van der Waals surface area contributed by atoms with Gasteiger partial charge < -0.3 is 10.4 Å². The molecule has 3 nitrogen and oxygen atoms in total. The fourth-order valence-corrected chi connectivity index (χ4v) is 2.70. The maximum absolute atomic E-state index is 10.8. The van der Waals surface area contributed by atoms with E-state index in [1.165, 1.54) is 0 Å². The molecule has 1 saturated carbocycles. The van der Waals surface area contributed by atoms with Gasteiger partial charge in [0.25, 0.3) is 0 Å². The third-order valence-electron chi connectivity index (χ3n) is 3.35. The second-order valence-corrected chi connectivity index (χ2v) is 3.94. The van der Waals surface area contributed by atoms with E-state index in [9.17, 15) is 4.79 Å². The van der Waals surface area contributed by atoms with Crippen molar-refractivity contribution in [3.63, 3.8) is 0 Å². The molecule has 0 spiro atoms. The maximum Gasteiger partial charge on any atom is 0.306 e. The summed E-state index contributed by atoms with van der Waals surface area (Å²) in [4.78, 5) is 10.8. The van der Waals surface area contributed by atoms with Crippen molar-refractivity contribution in [1.82, 2.24) is 5.32 Å². The Hall–Kier alpha value is -0.570. The molecule has 3 atom stereocenters. The average molecular weight is 169 g/mol. The molecule has 0 amide bonds. The quantitative estimate of drug-likeness (QED) is 0.607. The Labute approximate surface area is 72.2 Å². The number of piperidine rings is 1. The topological polar surface area (TPSA) is 49.3 Å². The highest BCUT2D eigenvalue weighted by Crippen LogP contribution is 2.40. The molecule has 0 aromatic rings. The second-order valence-electron chi connectivity index (χ2n) is 3.94. The highest BCUT2D eigenvalue weighted by Gasteiger charge is 2.40. The largest absolute Gasteiger partial charge is 0.481 e. The van der Waals surface area contributed by atoms with Crippen LogP contribution in [0.2, 0.25) is 0 Å². The van der Waals surface area contributed by atoms with Gasteiger partial charge in [0, 0.05) is 0 Å². The van der Waals surface area contributed by atoms with Crippen LogP contribution in [0.25, 0.3) is 0 Å². The highest BCUT2D eigenvalue weighted by atomic mass is 16.4. The van der Waals surface area contributed by atoms with Crippen molar-refractivity contribution in [2.45, 2.75) is 19.3 Å². The Morgan fingerprint density at radius 3 is 2.92 bits per heavy atom. The summed E-state index contributed by atoms with van der Waals surface area (Å²) in [7, 11) is 0. The van der Waals surface area contributed by atoms with Gasteiger partial charge >= 0.3 is 5.97 Å². The van der Waals surface area contributed by atoms with Crippen molar-refractivity contribution in [3.8, 4) is 0 Å². The van der Waals surface area contributed by atoms with Gasteiger partial charge in [-0.3, -0.25) is 4.79 Å². The van der Waals surface area contributed by atoms with Gasteiger partial charge in [-0.05, 0) is 44.2 Å². The van der Waals surface area contributed by atoms with Crippen LogP contribution in [-0.4, -0.2) is 24.2 Å². The van der Waals surface area contributed by atoms with Crippen molar-refractivity contribution < 1.29 is 9.90 Å². The molecule has 2 fully saturated rings. The van der Waals surface area contributed by atoms with Crippen LogP contribution in [0, 0.1) is 17.8 Å². The zero-order chi connectivity index (χ0) is 8.55. The summed E-state index contributed by atoms with van der Waals surface area (Å²) in [6.45, 7) is 2.04. The number of hydrogen-bond donors (Lipinski definition) is 2. The lowest BCUT2D eigenvalue weighted by Gasteiger charge is -2.28. The van der Waals surface area contributed by atoms with Crippen molar-refractivity contribution >= 4 is 5.97 Å². The van der Waals surface area contributed by atoms with Gasteiger partial charge in [-0.1, -0.05) is 0 Å². The summed E-state index contributed by atoms with van der Waals surface area (Å²) < 4.78 is 0. The highest BCUT2D eigenvalue weighted by molar-refractivity contribution is 5.70. The Morgan fingerprint density at radius 2 is 2.17 bits per heavy atom.